The number of hydrogen-bond acceptors (Lipinski definition) is 4. The summed E-state index contributed by atoms with van der Waals surface area (Å²) in [5.74, 6) is 0.00438. The van der Waals surface area contributed by atoms with Crippen LogP contribution in [0.25, 0.3) is 11.0 Å². The number of benzene rings is 2. The Hall–Kier alpha value is -2.48. The second-order valence-corrected chi connectivity index (χ2v) is 7.14. The molecule has 0 spiro atoms. The van der Waals surface area contributed by atoms with Gasteiger partial charge in [-0.25, -0.2) is 13.4 Å². The fourth-order valence-corrected chi connectivity index (χ4v) is 3.33. The zero-order chi connectivity index (χ0) is 17.3. The molecular formula is C16H14F2N2O3S. The highest BCUT2D eigenvalue weighted by Gasteiger charge is 2.20. The van der Waals surface area contributed by atoms with E-state index in [1.807, 2.05) is 0 Å². The van der Waals surface area contributed by atoms with Crippen molar-refractivity contribution < 1.29 is 21.9 Å². The Morgan fingerprint density at radius 1 is 1.12 bits per heavy atom. The lowest BCUT2D eigenvalue weighted by molar-refractivity contribution is -0.0505. The second kappa shape index (κ2) is 6.20. The minimum Gasteiger partial charge on any atom is -0.434 e. The van der Waals surface area contributed by atoms with Crippen molar-refractivity contribution in [3.05, 3.63) is 54.1 Å². The first-order chi connectivity index (χ1) is 11.4. The van der Waals surface area contributed by atoms with E-state index in [1.54, 1.807) is 42.5 Å². The van der Waals surface area contributed by atoms with Crippen LogP contribution < -0.4 is 4.74 Å². The van der Waals surface area contributed by atoms with E-state index >= 15 is 0 Å². The maximum atomic E-state index is 12.6. The quantitative estimate of drug-likeness (QED) is 0.708. The van der Waals surface area contributed by atoms with Crippen LogP contribution in [0.4, 0.5) is 8.78 Å². The fourth-order valence-electron chi connectivity index (χ4n) is 2.51. The number of fused-ring (bicyclic) bond motifs is 1. The highest BCUT2D eigenvalue weighted by Crippen LogP contribution is 2.26. The molecule has 126 valence electrons. The third-order valence-electron chi connectivity index (χ3n) is 3.47. The number of halogens is 2. The number of aromatic nitrogens is 2. The average molecular weight is 352 g/mol. The fraction of sp³-hybridized carbons (Fsp3) is 0.188. The summed E-state index contributed by atoms with van der Waals surface area (Å²) < 4.78 is 55.2. The van der Waals surface area contributed by atoms with Gasteiger partial charge < -0.3 is 9.30 Å². The molecule has 0 bridgehead atoms. The van der Waals surface area contributed by atoms with Gasteiger partial charge in [-0.3, -0.25) is 0 Å². The summed E-state index contributed by atoms with van der Waals surface area (Å²) in [7, 11) is -3.59. The molecule has 0 saturated carbocycles. The van der Waals surface area contributed by atoms with Gasteiger partial charge in [0.25, 0.3) is 0 Å². The SMILES string of the molecule is CS(=O)(=O)c1nc2ccccc2n1Cc1ccccc1OC(F)F. The summed E-state index contributed by atoms with van der Waals surface area (Å²) in [4.78, 5) is 4.16. The molecule has 0 amide bonds. The molecule has 3 aromatic rings. The third kappa shape index (κ3) is 3.23. The van der Waals surface area contributed by atoms with Gasteiger partial charge in [0.2, 0.25) is 15.0 Å². The first-order valence-corrected chi connectivity index (χ1v) is 8.93. The van der Waals surface area contributed by atoms with Gasteiger partial charge in [-0.2, -0.15) is 8.78 Å². The molecule has 0 saturated heterocycles. The van der Waals surface area contributed by atoms with Gasteiger partial charge in [0.1, 0.15) is 5.75 Å². The van der Waals surface area contributed by atoms with Crippen LogP contribution in [-0.2, 0) is 16.4 Å². The third-order valence-corrected chi connectivity index (χ3v) is 4.44. The molecule has 0 aliphatic heterocycles. The smallest absolute Gasteiger partial charge is 0.387 e. The number of hydrogen-bond donors (Lipinski definition) is 0. The van der Waals surface area contributed by atoms with Crippen LogP contribution in [0.5, 0.6) is 5.75 Å². The molecule has 0 atom stereocenters. The Morgan fingerprint density at radius 3 is 2.50 bits per heavy atom. The molecule has 0 aliphatic carbocycles. The summed E-state index contributed by atoms with van der Waals surface area (Å²) in [6.45, 7) is -2.91. The molecule has 0 aliphatic rings. The zero-order valence-electron chi connectivity index (χ0n) is 12.7. The van der Waals surface area contributed by atoms with Crippen molar-refractivity contribution in [1.29, 1.82) is 0 Å². The largest absolute Gasteiger partial charge is 0.434 e. The van der Waals surface area contributed by atoms with Crippen LogP contribution in [0.2, 0.25) is 0 Å². The van der Waals surface area contributed by atoms with Crippen LogP contribution in [0.3, 0.4) is 0 Å². The first-order valence-electron chi connectivity index (χ1n) is 7.04. The summed E-state index contributed by atoms with van der Waals surface area (Å²) >= 11 is 0. The lowest BCUT2D eigenvalue weighted by Crippen LogP contribution is -2.12. The van der Waals surface area contributed by atoms with Crippen molar-refractivity contribution in [2.75, 3.05) is 6.26 Å². The topological polar surface area (TPSA) is 61.2 Å². The van der Waals surface area contributed by atoms with Crippen LogP contribution in [-0.4, -0.2) is 30.8 Å². The lowest BCUT2D eigenvalue weighted by atomic mass is 10.2. The Kier molecular flexibility index (Phi) is 4.23. The number of ether oxygens (including phenoxy) is 1. The van der Waals surface area contributed by atoms with Gasteiger partial charge in [0, 0.05) is 11.8 Å². The average Bonchev–Trinajstić information content (AvgIpc) is 2.88. The number of rotatable bonds is 5. The normalized spacial score (nSPS) is 12.0. The molecule has 1 aromatic heterocycles. The van der Waals surface area contributed by atoms with Crippen molar-refractivity contribution in [3.8, 4) is 5.75 Å². The van der Waals surface area contributed by atoms with Crippen molar-refractivity contribution in [3.63, 3.8) is 0 Å². The molecule has 24 heavy (non-hydrogen) atoms. The predicted octanol–water partition coefficient (Wildman–Crippen LogP) is 3.09. The van der Waals surface area contributed by atoms with Gasteiger partial charge in [0.15, 0.2) is 0 Å². The van der Waals surface area contributed by atoms with Gasteiger partial charge in [-0.1, -0.05) is 30.3 Å². The molecule has 0 unspecified atom stereocenters. The predicted molar refractivity (Wildman–Crippen MR) is 85.0 cm³/mol. The van der Waals surface area contributed by atoms with E-state index in [0.717, 1.165) is 6.26 Å². The van der Waals surface area contributed by atoms with Crippen molar-refractivity contribution >= 4 is 20.9 Å². The molecule has 2 aromatic carbocycles. The minimum atomic E-state index is -3.59. The first kappa shape index (κ1) is 16.4. The molecule has 0 fully saturated rings. The number of sulfone groups is 1. The van der Waals surface area contributed by atoms with E-state index in [9.17, 15) is 17.2 Å². The maximum Gasteiger partial charge on any atom is 0.387 e. The minimum absolute atomic E-state index is 0.00438. The Bertz CT molecular complexity index is 984. The van der Waals surface area contributed by atoms with Crippen LogP contribution in [0.1, 0.15) is 5.56 Å². The molecule has 0 radical (unpaired) electrons. The monoisotopic (exact) mass is 352 g/mol. The summed E-state index contributed by atoms with van der Waals surface area (Å²) in [5, 5.41) is -0.115. The number of para-hydroxylation sites is 3. The second-order valence-electron chi connectivity index (χ2n) is 5.23. The lowest BCUT2D eigenvalue weighted by Gasteiger charge is -2.13. The molecular weight excluding hydrogens is 338 g/mol. The number of nitrogens with zero attached hydrogens (tertiary/aromatic N) is 2. The molecule has 1 heterocycles. The van der Waals surface area contributed by atoms with Gasteiger partial charge in [-0.15, -0.1) is 0 Å². The van der Waals surface area contributed by atoms with E-state index in [1.165, 1.54) is 10.6 Å². The summed E-state index contributed by atoms with van der Waals surface area (Å²) in [6.07, 6.45) is 1.06. The summed E-state index contributed by atoms with van der Waals surface area (Å²) in [6, 6.07) is 13.2. The molecule has 8 heteroatoms. The number of imidazole rings is 1. The van der Waals surface area contributed by atoms with E-state index < -0.39 is 16.4 Å². The van der Waals surface area contributed by atoms with E-state index in [0.29, 0.717) is 16.6 Å². The Morgan fingerprint density at radius 2 is 1.79 bits per heavy atom. The zero-order valence-corrected chi connectivity index (χ0v) is 13.5. The Balaban J connectivity index is 2.14. The summed E-state index contributed by atoms with van der Waals surface area (Å²) in [5.41, 5.74) is 1.56. The van der Waals surface area contributed by atoms with Crippen LogP contribution in [0.15, 0.2) is 53.7 Å². The van der Waals surface area contributed by atoms with Crippen LogP contribution in [0, 0.1) is 0 Å². The van der Waals surface area contributed by atoms with Crippen molar-refractivity contribution in [2.24, 2.45) is 0 Å². The molecule has 5 nitrogen and oxygen atoms in total. The van der Waals surface area contributed by atoms with Gasteiger partial charge in [0.05, 0.1) is 17.6 Å². The standard InChI is InChI=1S/C16H14F2N2O3S/c1-24(21,22)16-19-12-7-3-4-8-13(12)20(16)10-11-6-2-5-9-14(11)23-15(17)18/h2-9,15H,10H2,1H3. The molecule has 0 N–H and O–H groups in total. The van der Waals surface area contributed by atoms with Crippen molar-refractivity contribution in [1.82, 2.24) is 9.55 Å². The Labute approximate surface area is 137 Å². The van der Waals surface area contributed by atoms with Gasteiger partial charge >= 0.3 is 6.61 Å². The van der Waals surface area contributed by atoms with E-state index in [-0.39, 0.29) is 17.5 Å². The van der Waals surface area contributed by atoms with Crippen molar-refractivity contribution in [2.45, 2.75) is 18.3 Å². The van der Waals surface area contributed by atoms with E-state index in [4.69, 9.17) is 0 Å². The maximum absolute atomic E-state index is 12.6. The van der Waals surface area contributed by atoms with Crippen LogP contribution >= 0.6 is 0 Å². The van der Waals surface area contributed by atoms with Gasteiger partial charge in [-0.05, 0) is 18.2 Å². The molecule has 3 rings (SSSR count). The highest BCUT2D eigenvalue weighted by atomic mass is 32.2. The van der Waals surface area contributed by atoms with E-state index in [2.05, 4.69) is 9.72 Å². The number of alkyl halides is 2. The highest BCUT2D eigenvalue weighted by molar-refractivity contribution is 7.90.